The van der Waals surface area contributed by atoms with Crippen LogP contribution in [0.4, 0.5) is 0 Å². The predicted octanol–water partition coefficient (Wildman–Crippen LogP) is 3.01. The minimum Gasteiger partial charge on any atom is -0.330 e. The number of benzene rings is 2. The van der Waals surface area contributed by atoms with Crippen LogP contribution in [0.25, 0.3) is 0 Å². The number of hydrogen-bond donors (Lipinski definition) is 1. The van der Waals surface area contributed by atoms with Crippen molar-refractivity contribution in [3.05, 3.63) is 71.3 Å². The highest BCUT2D eigenvalue weighted by atomic mass is 35.5. The molecule has 2 N–H and O–H groups in total. The number of halogens is 1. The van der Waals surface area contributed by atoms with Crippen LogP contribution in [0.5, 0.6) is 0 Å². The summed E-state index contributed by atoms with van der Waals surface area (Å²) in [6.07, 6.45) is 0.875. The number of hydrogen-bond acceptors (Lipinski definition) is 1. The van der Waals surface area contributed by atoms with Crippen LogP contribution < -0.4 is 5.73 Å². The molecule has 1 nitrogen and oxygen atoms in total. The molecule has 2 heteroatoms. The Morgan fingerprint density at radius 2 is 1.50 bits per heavy atom. The average Bonchev–Trinajstić information content (AvgIpc) is 2.39. The summed E-state index contributed by atoms with van der Waals surface area (Å²) >= 11 is 0. The van der Waals surface area contributed by atoms with Gasteiger partial charge in [-0.15, -0.1) is 12.4 Å². The standard InChI is InChI=1S/C16H15N.ClH/c17-13-12-16-9-5-4-8-15(16)11-10-14-6-2-1-3-7-14;/h1-9H,12-13,17H2;1H. The van der Waals surface area contributed by atoms with Gasteiger partial charge in [0.2, 0.25) is 0 Å². The van der Waals surface area contributed by atoms with Crippen LogP contribution in [0.2, 0.25) is 0 Å². The zero-order valence-corrected chi connectivity index (χ0v) is 10.9. The van der Waals surface area contributed by atoms with Crippen LogP contribution in [0.3, 0.4) is 0 Å². The maximum Gasteiger partial charge on any atom is 0.0281 e. The summed E-state index contributed by atoms with van der Waals surface area (Å²) < 4.78 is 0. The Morgan fingerprint density at radius 1 is 0.833 bits per heavy atom. The quantitative estimate of drug-likeness (QED) is 0.823. The first-order valence-electron chi connectivity index (χ1n) is 5.75. The topological polar surface area (TPSA) is 26.0 Å². The Labute approximate surface area is 114 Å². The van der Waals surface area contributed by atoms with Crippen LogP contribution in [0.1, 0.15) is 16.7 Å². The molecule has 0 bridgehead atoms. The van der Waals surface area contributed by atoms with Crippen molar-refractivity contribution in [2.45, 2.75) is 6.42 Å². The molecule has 2 aromatic rings. The summed E-state index contributed by atoms with van der Waals surface area (Å²) in [5, 5.41) is 0. The molecule has 0 spiro atoms. The second kappa shape index (κ2) is 7.55. The molecular formula is C16H16ClN. The predicted molar refractivity (Wildman–Crippen MR) is 78.9 cm³/mol. The molecule has 18 heavy (non-hydrogen) atoms. The molecule has 92 valence electrons. The minimum absolute atomic E-state index is 0. The van der Waals surface area contributed by atoms with Crippen molar-refractivity contribution >= 4 is 12.4 Å². The Kier molecular flexibility index (Phi) is 6.00. The van der Waals surface area contributed by atoms with Crippen LogP contribution in [-0.2, 0) is 6.42 Å². The highest BCUT2D eigenvalue weighted by Gasteiger charge is 1.96. The molecule has 0 aliphatic rings. The first-order chi connectivity index (χ1) is 8.40. The molecule has 0 saturated carbocycles. The summed E-state index contributed by atoms with van der Waals surface area (Å²) in [5.74, 6) is 6.38. The van der Waals surface area contributed by atoms with E-state index in [2.05, 4.69) is 17.9 Å². The van der Waals surface area contributed by atoms with Crippen molar-refractivity contribution in [1.29, 1.82) is 0 Å². The van der Waals surface area contributed by atoms with E-state index >= 15 is 0 Å². The van der Waals surface area contributed by atoms with Gasteiger partial charge in [-0.1, -0.05) is 48.2 Å². The van der Waals surface area contributed by atoms with Crippen LogP contribution in [0.15, 0.2) is 54.6 Å². The third-order valence-corrected chi connectivity index (χ3v) is 2.55. The lowest BCUT2D eigenvalue weighted by Crippen LogP contribution is -2.04. The normalized spacial score (nSPS) is 8.94. The Balaban J connectivity index is 0.00000162. The van der Waals surface area contributed by atoms with Gasteiger partial charge in [-0.05, 0) is 36.7 Å². The zero-order valence-electron chi connectivity index (χ0n) is 10.1. The molecule has 0 aromatic heterocycles. The van der Waals surface area contributed by atoms with Crippen molar-refractivity contribution in [2.24, 2.45) is 5.73 Å². The van der Waals surface area contributed by atoms with E-state index < -0.39 is 0 Å². The summed E-state index contributed by atoms with van der Waals surface area (Å²) in [5.41, 5.74) is 8.92. The van der Waals surface area contributed by atoms with Crippen molar-refractivity contribution in [3.63, 3.8) is 0 Å². The molecule has 0 aliphatic heterocycles. The Bertz CT molecular complexity index is 538. The summed E-state index contributed by atoms with van der Waals surface area (Å²) in [6.45, 7) is 0.657. The number of rotatable bonds is 2. The molecule has 0 radical (unpaired) electrons. The van der Waals surface area contributed by atoms with E-state index in [1.54, 1.807) is 0 Å². The van der Waals surface area contributed by atoms with Gasteiger partial charge < -0.3 is 5.73 Å². The second-order valence-electron chi connectivity index (χ2n) is 3.81. The van der Waals surface area contributed by atoms with E-state index in [0.29, 0.717) is 6.54 Å². The van der Waals surface area contributed by atoms with Crippen molar-refractivity contribution < 1.29 is 0 Å². The third kappa shape index (κ3) is 3.92. The summed E-state index contributed by atoms with van der Waals surface area (Å²) in [7, 11) is 0. The number of nitrogens with two attached hydrogens (primary N) is 1. The van der Waals surface area contributed by atoms with Crippen LogP contribution >= 0.6 is 12.4 Å². The Morgan fingerprint density at radius 3 is 2.22 bits per heavy atom. The van der Waals surface area contributed by atoms with E-state index in [1.807, 2.05) is 48.5 Å². The van der Waals surface area contributed by atoms with Gasteiger partial charge in [-0.2, -0.15) is 0 Å². The molecule has 0 heterocycles. The average molecular weight is 258 g/mol. The third-order valence-electron chi connectivity index (χ3n) is 2.55. The van der Waals surface area contributed by atoms with E-state index in [0.717, 1.165) is 17.5 Å². The van der Waals surface area contributed by atoms with E-state index in [9.17, 15) is 0 Å². The van der Waals surface area contributed by atoms with E-state index in [-0.39, 0.29) is 12.4 Å². The van der Waals surface area contributed by atoms with Crippen LogP contribution in [0, 0.1) is 11.8 Å². The Hall–Kier alpha value is -1.75. The lowest BCUT2D eigenvalue weighted by atomic mass is 10.0. The van der Waals surface area contributed by atoms with Gasteiger partial charge in [-0.3, -0.25) is 0 Å². The molecule has 0 fully saturated rings. The molecule has 0 unspecified atom stereocenters. The summed E-state index contributed by atoms with van der Waals surface area (Å²) in [6, 6.07) is 18.2. The fourth-order valence-electron chi connectivity index (χ4n) is 1.68. The molecule has 2 rings (SSSR count). The maximum atomic E-state index is 5.59. The first-order valence-corrected chi connectivity index (χ1v) is 5.75. The molecule has 0 saturated heterocycles. The monoisotopic (exact) mass is 257 g/mol. The SMILES string of the molecule is Cl.NCCc1ccccc1C#Cc1ccccc1. The lowest BCUT2D eigenvalue weighted by Gasteiger charge is -2.01. The largest absolute Gasteiger partial charge is 0.330 e. The molecule has 0 atom stereocenters. The van der Waals surface area contributed by atoms with Crippen molar-refractivity contribution in [2.75, 3.05) is 6.54 Å². The molecule has 0 amide bonds. The van der Waals surface area contributed by atoms with E-state index in [4.69, 9.17) is 5.73 Å². The van der Waals surface area contributed by atoms with Gasteiger partial charge in [0, 0.05) is 11.1 Å². The van der Waals surface area contributed by atoms with Crippen molar-refractivity contribution in [1.82, 2.24) is 0 Å². The highest BCUT2D eigenvalue weighted by molar-refractivity contribution is 5.85. The highest BCUT2D eigenvalue weighted by Crippen LogP contribution is 2.08. The van der Waals surface area contributed by atoms with Gasteiger partial charge in [-0.25, -0.2) is 0 Å². The molecule has 2 aromatic carbocycles. The molecular weight excluding hydrogens is 242 g/mol. The van der Waals surface area contributed by atoms with Crippen molar-refractivity contribution in [3.8, 4) is 11.8 Å². The van der Waals surface area contributed by atoms with E-state index in [1.165, 1.54) is 5.56 Å². The fourth-order valence-corrected chi connectivity index (χ4v) is 1.68. The molecule has 0 aliphatic carbocycles. The van der Waals surface area contributed by atoms with Gasteiger partial charge in [0.05, 0.1) is 0 Å². The van der Waals surface area contributed by atoms with Gasteiger partial charge in [0.25, 0.3) is 0 Å². The summed E-state index contributed by atoms with van der Waals surface area (Å²) in [4.78, 5) is 0. The zero-order chi connectivity index (χ0) is 11.9. The fraction of sp³-hybridized carbons (Fsp3) is 0.125. The first kappa shape index (κ1) is 14.3. The van der Waals surface area contributed by atoms with Gasteiger partial charge >= 0.3 is 0 Å². The van der Waals surface area contributed by atoms with Crippen LogP contribution in [-0.4, -0.2) is 6.54 Å². The minimum atomic E-state index is 0. The maximum absolute atomic E-state index is 5.59. The van der Waals surface area contributed by atoms with Gasteiger partial charge in [0.1, 0.15) is 0 Å². The van der Waals surface area contributed by atoms with Gasteiger partial charge in [0.15, 0.2) is 0 Å². The smallest absolute Gasteiger partial charge is 0.0281 e. The lowest BCUT2D eigenvalue weighted by molar-refractivity contribution is 0.965. The second-order valence-corrected chi connectivity index (χ2v) is 3.81.